The van der Waals surface area contributed by atoms with Gasteiger partial charge in [0.1, 0.15) is 12.1 Å². The van der Waals surface area contributed by atoms with Gasteiger partial charge in [0.15, 0.2) is 5.60 Å². The Morgan fingerprint density at radius 2 is 1.67 bits per heavy atom. The van der Waals surface area contributed by atoms with Crippen LogP contribution in [0, 0.1) is 11.3 Å². The standard InChI is InChI=1S/C36H49Cl2N5O6/c1-5-9-26(30(45)33(47)39-25-12-13-25)40-32(46)28-19-36(18-27(42-49-36)22-15-23(37)17-24(38)16-22)20-43(28)34(48)31(35(2,3)4)41-29(44)14-21-10-7-6-8-11-21/h15-17,21,25-26,28,31H,5-14,18-20H2,1-4H3,(H,39,47)(H,40,46)(H,41,44)/t26-,28-,31+,36?/m0/s1. The summed E-state index contributed by atoms with van der Waals surface area (Å²) in [4.78, 5) is 75.4. The molecule has 3 fully saturated rings. The molecule has 1 aromatic rings. The van der Waals surface area contributed by atoms with Gasteiger partial charge in [0.05, 0.1) is 18.3 Å². The molecule has 2 aliphatic carbocycles. The maximum absolute atomic E-state index is 14.6. The predicted octanol–water partition coefficient (Wildman–Crippen LogP) is 5.09. The summed E-state index contributed by atoms with van der Waals surface area (Å²) in [7, 11) is 0. The van der Waals surface area contributed by atoms with Crippen molar-refractivity contribution in [1.29, 1.82) is 0 Å². The number of hydrogen-bond donors (Lipinski definition) is 3. The van der Waals surface area contributed by atoms with Crippen molar-refractivity contribution < 1.29 is 28.8 Å². The second-order valence-electron chi connectivity index (χ2n) is 15.4. The zero-order valence-electron chi connectivity index (χ0n) is 28.9. The van der Waals surface area contributed by atoms with Crippen LogP contribution in [0.15, 0.2) is 23.4 Å². The van der Waals surface area contributed by atoms with Gasteiger partial charge in [-0.3, -0.25) is 24.0 Å². The molecule has 13 heteroatoms. The van der Waals surface area contributed by atoms with E-state index in [-0.39, 0.29) is 43.7 Å². The van der Waals surface area contributed by atoms with E-state index >= 15 is 0 Å². The van der Waals surface area contributed by atoms with Crippen LogP contribution < -0.4 is 16.0 Å². The summed E-state index contributed by atoms with van der Waals surface area (Å²) < 4.78 is 0. The Bertz CT molecular complexity index is 1460. The highest BCUT2D eigenvalue weighted by molar-refractivity contribution is 6.38. The number of likely N-dealkylation sites (tertiary alicyclic amines) is 1. The van der Waals surface area contributed by atoms with Gasteiger partial charge < -0.3 is 25.7 Å². The van der Waals surface area contributed by atoms with Gasteiger partial charge in [-0.1, -0.05) is 81.7 Å². The van der Waals surface area contributed by atoms with Crippen LogP contribution in [0.4, 0.5) is 0 Å². The number of benzene rings is 1. The number of carbonyl (C=O) groups excluding carboxylic acids is 5. The molecule has 0 aromatic heterocycles. The van der Waals surface area contributed by atoms with Crippen molar-refractivity contribution in [3.63, 3.8) is 0 Å². The SMILES string of the molecule is CCC[C@H](NC(=O)[C@@H]1CC2(CC(c3cc(Cl)cc(Cl)c3)=NO2)CN1C(=O)[C@@H](NC(=O)CC1CCCCC1)C(C)(C)C)C(=O)C(=O)NC1CC1. The lowest BCUT2D eigenvalue weighted by Gasteiger charge is -2.36. The van der Waals surface area contributed by atoms with E-state index in [1.807, 2.05) is 27.7 Å². The fourth-order valence-electron chi connectivity index (χ4n) is 7.16. The van der Waals surface area contributed by atoms with Crippen molar-refractivity contribution in [2.45, 2.75) is 135 Å². The van der Waals surface area contributed by atoms with Crippen molar-refractivity contribution >= 4 is 58.3 Å². The lowest BCUT2D eigenvalue weighted by Crippen LogP contribution is -2.59. The second-order valence-corrected chi connectivity index (χ2v) is 16.2. The first-order chi connectivity index (χ1) is 23.2. The monoisotopic (exact) mass is 717 g/mol. The predicted molar refractivity (Wildman–Crippen MR) is 187 cm³/mol. The second kappa shape index (κ2) is 15.4. The van der Waals surface area contributed by atoms with E-state index < -0.39 is 52.6 Å². The van der Waals surface area contributed by atoms with E-state index in [9.17, 15) is 24.0 Å². The first-order valence-corrected chi connectivity index (χ1v) is 18.4. The topological polar surface area (TPSA) is 146 Å². The number of carbonyl (C=O) groups is 5. The van der Waals surface area contributed by atoms with Crippen LogP contribution in [0.1, 0.15) is 110 Å². The van der Waals surface area contributed by atoms with Crippen LogP contribution in [0.5, 0.6) is 0 Å². The highest BCUT2D eigenvalue weighted by atomic mass is 35.5. The molecule has 0 bridgehead atoms. The van der Waals surface area contributed by atoms with E-state index in [0.29, 0.717) is 34.2 Å². The molecular weight excluding hydrogens is 669 g/mol. The Balaban J connectivity index is 1.39. The first-order valence-electron chi connectivity index (χ1n) is 17.6. The third-order valence-corrected chi connectivity index (χ3v) is 10.4. The highest BCUT2D eigenvalue weighted by Gasteiger charge is 2.55. The molecule has 49 heavy (non-hydrogen) atoms. The largest absolute Gasteiger partial charge is 0.387 e. The minimum atomic E-state index is -1.05. The molecule has 2 saturated carbocycles. The van der Waals surface area contributed by atoms with Gasteiger partial charge in [0.2, 0.25) is 23.5 Å². The van der Waals surface area contributed by atoms with Gasteiger partial charge in [0.25, 0.3) is 5.91 Å². The summed E-state index contributed by atoms with van der Waals surface area (Å²) in [5, 5.41) is 13.7. The van der Waals surface area contributed by atoms with Gasteiger partial charge in [-0.15, -0.1) is 0 Å². The summed E-state index contributed by atoms with van der Waals surface area (Å²) in [6, 6.07) is 2.02. The summed E-state index contributed by atoms with van der Waals surface area (Å²) >= 11 is 12.5. The number of Topliss-reactive ketones (excluding diaryl/α,β-unsaturated/α-hetero) is 1. The number of hydrogen-bond acceptors (Lipinski definition) is 7. The number of amides is 4. The maximum Gasteiger partial charge on any atom is 0.289 e. The first kappa shape index (κ1) is 37.1. The molecule has 0 radical (unpaired) electrons. The molecule has 5 rings (SSSR count). The van der Waals surface area contributed by atoms with Crippen LogP contribution in [-0.2, 0) is 28.8 Å². The third kappa shape index (κ3) is 9.34. The van der Waals surface area contributed by atoms with Crippen molar-refractivity contribution in [3.8, 4) is 0 Å². The van der Waals surface area contributed by atoms with E-state index in [4.69, 9.17) is 28.0 Å². The van der Waals surface area contributed by atoms with Crippen LogP contribution in [-0.4, -0.2) is 76.3 Å². The normalized spacial score (nSPS) is 23.8. The van der Waals surface area contributed by atoms with Gasteiger partial charge in [-0.25, -0.2) is 0 Å². The van der Waals surface area contributed by atoms with Gasteiger partial charge >= 0.3 is 0 Å². The average Bonchev–Trinajstić information content (AvgIpc) is 3.63. The molecular formula is C36H49Cl2N5O6. The van der Waals surface area contributed by atoms with Crippen LogP contribution in [0.25, 0.3) is 0 Å². The number of halogens is 2. The molecule has 2 heterocycles. The molecule has 4 amide bonds. The Labute approximate surface area is 298 Å². The average molecular weight is 719 g/mol. The summed E-state index contributed by atoms with van der Waals surface area (Å²) in [5.41, 5.74) is -0.503. The quantitative estimate of drug-likeness (QED) is 0.257. The zero-order valence-corrected chi connectivity index (χ0v) is 30.4. The summed E-state index contributed by atoms with van der Waals surface area (Å²) in [6.45, 7) is 7.51. The molecule has 1 aromatic carbocycles. The molecule has 11 nitrogen and oxygen atoms in total. The lowest BCUT2D eigenvalue weighted by atomic mass is 9.84. The van der Waals surface area contributed by atoms with Crippen LogP contribution >= 0.6 is 23.2 Å². The summed E-state index contributed by atoms with van der Waals surface area (Å²) in [6.07, 6.45) is 8.51. The molecule has 3 N–H and O–H groups in total. The number of rotatable bonds is 12. The Morgan fingerprint density at radius 3 is 2.29 bits per heavy atom. The molecule has 2 aliphatic heterocycles. The number of nitrogens with one attached hydrogen (secondary N) is 3. The van der Waals surface area contributed by atoms with Crippen molar-refractivity contribution in [2.24, 2.45) is 16.5 Å². The Hall–Kier alpha value is -3.18. The number of nitrogens with zero attached hydrogens (tertiary/aromatic N) is 2. The van der Waals surface area contributed by atoms with Gasteiger partial charge in [0, 0.05) is 40.9 Å². The molecule has 4 atom stereocenters. The number of oxime groups is 1. The Morgan fingerprint density at radius 1 is 1.00 bits per heavy atom. The molecule has 4 aliphatic rings. The third-order valence-electron chi connectivity index (χ3n) is 9.98. The fraction of sp³-hybridized carbons (Fsp3) is 0.667. The highest BCUT2D eigenvalue weighted by Crippen LogP contribution is 2.40. The molecule has 268 valence electrons. The van der Waals surface area contributed by atoms with Gasteiger partial charge in [-0.2, -0.15) is 0 Å². The Kier molecular flexibility index (Phi) is 11.6. The number of ketones is 1. The van der Waals surface area contributed by atoms with Crippen molar-refractivity contribution in [2.75, 3.05) is 6.54 Å². The molecule has 1 spiro atoms. The molecule has 1 saturated heterocycles. The lowest BCUT2D eigenvalue weighted by molar-refractivity contribution is -0.145. The van der Waals surface area contributed by atoms with Crippen molar-refractivity contribution in [1.82, 2.24) is 20.9 Å². The van der Waals surface area contributed by atoms with E-state index in [2.05, 4.69) is 21.1 Å². The minimum absolute atomic E-state index is 0.0111. The van der Waals surface area contributed by atoms with Crippen LogP contribution in [0.3, 0.4) is 0 Å². The van der Waals surface area contributed by atoms with Crippen molar-refractivity contribution in [3.05, 3.63) is 33.8 Å². The van der Waals surface area contributed by atoms with Crippen LogP contribution in [0.2, 0.25) is 10.0 Å². The molecule has 1 unspecified atom stereocenters. The fourth-order valence-corrected chi connectivity index (χ4v) is 7.69. The van der Waals surface area contributed by atoms with E-state index in [0.717, 1.165) is 38.5 Å². The maximum atomic E-state index is 14.6. The van der Waals surface area contributed by atoms with E-state index in [1.165, 1.54) is 11.3 Å². The minimum Gasteiger partial charge on any atom is -0.387 e. The van der Waals surface area contributed by atoms with E-state index in [1.54, 1.807) is 18.2 Å². The smallest absolute Gasteiger partial charge is 0.289 e. The van der Waals surface area contributed by atoms with Gasteiger partial charge in [-0.05, 0) is 61.6 Å². The zero-order chi connectivity index (χ0) is 35.5. The summed E-state index contributed by atoms with van der Waals surface area (Å²) in [5.74, 6) is -2.33.